The van der Waals surface area contributed by atoms with E-state index < -0.39 is 6.10 Å². The second-order valence-electron chi connectivity index (χ2n) is 4.32. The molecule has 0 aliphatic heterocycles. The second kappa shape index (κ2) is 6.03. The van der Waals surface area contributed by atoms with Crippen molar-refractivity contribution in [2.75, 3.05) is 0 Å². The van der Waals surface area contributed by atoms with Crippen molar-refractivity contribution in [3.63, 3.8) is 0 Å². The fraction of sp³-hybridized carbons (Fsp3) is 0.385. The predicted molar refractivity (Wildman–Crippen MR) is 78.2 cm³/mol. The van der Waals surface area contributed by atoms with Crippen LogP contribution in [0.15, 0.2) is 22.8 Å². The first-order valence-corrected chi connectivity index (χ1v) is 7.19. The minimum Gasteiger partial charge on any atom is -0.388 e. The molecular formula is C13H15BrClN3O. The lowest BCUT2D eigenvalue weighted by molar-refractivity contribution is 0.175. The highest BCUT2D eigenvalue weighted by atomic mass is 79.9. The van der Waals surface area contributed by atoms with Crippen LogP contribution in [-0.2, 0) is 19.9 Å². The van der Waals surface area contributed by atoms with Gasteiger partial charge in [0.15, 0.2) is 0 Å². The molecule has 19 heavy (non-hydrogen) atoms. The molecule has 0 saturated heterocycles. The second-order valence-corrected chi connectivity index (χ2v) is 5.50. The summed E-state index contributed by atoms with van der Waals surface area (Å²) in [5.74, 6) is 0. The summed E-state index contributed by atoms with van der Waals surface area (Å²) in [5, 5.41) is 15.1. The number of aromatic nitrogens is 3. The van der Waals surface area contributed by atoms with E-state index in [1.54, 1.807) is 23.0 Å². The molecule has 1 N–H and O–H groups in total. The molecule has 0 aliphatic carbocycles. The monoisotopic (exact) mass is 343 g/mol. The van der Waals surface area contributed by atoms with Gasteiger partial charge in [-0.05, 0) is 34.0 Å². The summed E-state index contributed by atoms with van der Waals surface area (Å²) in [5.41, 5.74) is 2.72. The topological polar surface area (TPSA) is 50.9 Å². The third-order valence-corrected chi connectivity index (χ3v) is 4.16. The number of aliphatic hydroxyl groups excluding tert-OH is 1. The van der Waals surface area contributed by atoms with Crippen LogP contribution in [0, 0.1) is 0 Å². The maximum absolute atomic E-state index is 10.3. The highest BCUT2D eigenvalue weighted by molar-refractivity contribution is 9.10. The van der Waals surface area contributed by atoms with Crippen molar-refractivity contribution in [1.29, 1.82) is 0 Å². The largest absolute Gasteiger partial charge is 0.388 e. The first kappa shape index (κ1) is 14.5. The Labute approximate surface area is 125 Å². The lowest BCUT2D eigenvalue weighted by Gasteiger charge is -2.11. The zero-order chi connectivity index (χ0) is 14.0. The molecule has 1 unspecified atom stereocenters. The first-order valence-electron chi connectivity index (χ1n) is 6.02. The standard InChI is InChI=1S/C13H15BrClN3O/c1-3-9-13(14)10(18(2)17-9)6-11(19)8-4-5-12(15)16-7-8/h4-5,7,11,19H,3,6H2,1-2H3. The van der Waals surface area contributed by atoms with Gasteiger partial charge in [-0.25, -0.2) is 4.98 Å². The normalized spacial score (nSPS) is 12.7. The summed E-state index contributed by atoms with van der Waals surface area (Å²) < 4.78 is 2.77. The lowest BCUT2D eigenvalue weighted by atomic mass is 10.1. The molecule has 1 atom stereocenters. The Morgan fingerprint density at radius 3 is 2.74 bits per heavy atom. The summed E-state index contributed by atoms with van der Waals surface area (Å²) in [6.45, 7) is 2.05. The summed E-state index contributed by atoms with van der Waals surface area (Å²) in [7, 11) is 1.88. The van der Waals surface area contributed by atoms with Crippen LogP contribution in [0.5, 0.6) is 0 Å². The van der Waals surface area contributed by atoms with Gasteiger partial charge in [0.25, 0.3) is 0 Å². The molecular weight excluding hydrogens is 330 g/mol. The number of nitrogens with zero attached hydrogens (tertiary/aromatic N) is 3. The van der Waals surface area contributed by atoms with Gasteiger partial charge in [-0.1, -0.05) is 24.6 Å². The van der Waals surface area contributed by atoms with E-state index >= 15 is 0 Å². The van der Waals surface area contributed by atoms with E-state index in [1.165, 1.54) is 0 Å². The third kappa shape index (κ3) is 3.16. The van der Waals surface area contributed by atoms with Crippen LogP contribution in [0.1, 0.15) is 30.0 Å². The van der Waals surface area contributed by atoms with Crippen molar-refractivity contribution in [2.24, 2.45) is 7.05 Å². The van der Waals surface area contributed by atoms with Crippen molar-refractivity contribution in [3.05, 3.63) is 44.9 Å². The van der Waals surface area contributed by atoms with Gasteiger partial charge in [-0.15, -0.1) is 0 Å². The van der Waals surface area contributed by atoms with E-state index in [9.17, 15) is 5.11 Å². The van der Waals surface area contributed by atoms with E-state index in [2.05, 4.69) is 32.9 Å². The van der Waals surface area contributed by atoms with E-state index in [1.807, 2.05) is 7.05 Å². The van der Waals surface area contributed by atoms with Gasteiger partial charge in [0.2, 0.25) is 0 Å². The van der Waals surface area contributed by atoms with Crippen molar-refractivity contribution < 1.29 is 5.11 Å². The minimum atomic E-state index is -0.624. The van der Waals surface area contributed by atoms with Crippen LogP contribution >= 0.6 is 27.5 Å². The molecule has 0 spiro atoms. The van der Waals surface area contributed by atoms with Gasteiger partial charge >= 0.3 is 0 Å². The molecule has 0 radical (unpaired) electrons. The zero-order valence-electron chi connectivity index (χ0n) is 10.8. The van der Waals surface area contributed by atoms with Crippen molar-refractivity contribution in [3.8, 4) is 0 Å². The molecule has 0 aliphatic rings. The molecule has 0 bridgehead atoms. The van der Waals surface area contributed by atoms with Gasteiger partial charge in [0.05, 0.1) is 22.0 Å². The van der Waals surface area contributed by atoms with Crippen LogP contribution in [0.2, 0.25) is 5.15 Å². The smallest absolute Gasteiger partial charge is 0.129 e. The maximum Gasteiger partial charge on any atom is 0.129 e. The number of halogens is 2. The Bertz CT molecular complexity index is 568. The number of pyridine rings is 1. The molecule has 0 aromatic carbocycles. The Morgan fingerprint density at radius 1 is 1.47 bits per heavy atom. The maximum atomic E-state index is 10.3. The van der Waals surface area contributed by atoms with E-state index in [0.29, 0.717) is 11.6 Å². The molecule has 2 aromatic heterocycles. The van der Waals surface area contributed by atoms with Gasteiger partial charge < -0.3 is 5.11 Å². The van der Waals surface area contributed by atoms with Crippen LogP contribution in [0.4, 0.5) is 0 Å². The van der Waals surface area contributed by atoms with Crippen molar-refractivity contribution in [1.82, 2.24) is 14.8 Å². The molecule has 2 aromatic rings. The zero-order valence-corrected chi connectivity index (χ0v) is 13.1. The number of hydrogen-bond acceptors (Lipinski definition) is 3. The average Bonchev–Trinajstić information content (AvgIpc) is 2.67. The number of aryl methyl sites for hydroxylation is 2. The van der Waals surface area contributed by atoms with Gasteiger partial charge in [0, 0.05) is 19.7 Å². The van der Waals surface area contributed by atoms with Crippen molar-refractivity contribution in [2.45, 2.75) is 25.9 Å². The van der Waals surface area contributed by atoms with Gasteiger partial charge in [-0.3, -0.25) is 4.68 Å². The molecule has 0 saturated carbocycles. The van der Waals surface area contributed by atoms with Crippen molar-refractivity contribution >= 4 is 27.5 Å². The molecule has 2 heterocycles. The Balaban J connectivity index is 2.21. The van der Waals surface area contributed by atoms with Crippen LogP contribution in [-0.4, -0.2) is 19.9 Å². The fourth-order valence-corrected chi connectivity index (χ4v) is 2.82. The third-order valence-electron chi connectivity index (χ3n) is 3.02. The SMILES string of the molecule is CCc1nn(C)c(CC(O)c2ccc(Cl)nc2)c1Br. The average molecular weight is 345 g/mol. The molecule has 0 amide bonds. The van der Waals surface area contributed by atoms with Gasteiger partial charge in [-0.2, -0.15) is 5.10 Å². The first-order chi connectivity index (χ1) is 9.02. The summed E-state index contributed by atoms with van der Waals surface area (Å²) in [6, 6.07) is 3.46. The minimum absolute atomic E-state index is 0.422. The summed E-state index contributed by atoms with van der Waals surface area (Å²) in [6.07, 6.45) is 2.31. The van der Waals surface area contributed by atoms with E-state index in [4.69, 9.17) is 11.6 Å². The fourth-order valence-electron chi connectivity index (χ4n) is 1.93. The van der Waals surface area contributed by atoms with Crippen LogP contribution in [0.25, 0.3) is 0 Å². The summed E-state index contributed by atoms with van der Waals surface area (Å²) in [4.78, 5) is 3.98. The summed E-state index contributed by atoms with van der Waals surface area (Å²) >= 11 is 9.28. The highest BCUT2D eigenvalue weighted by Crippen LogP contribution is 2.26. The Kier molecular flexibility index (Phi) is 4.60. The van der Waals surface area contributed by atoms with E-state index in [0.717, 1.165) is 27.8 Å². The van der Waals surface area contributed by atoms with E-state index in [-0.39, 0.29) is 0 Å². The number of rotatable bonds is 4. The van der Waals surface area contributed by atoms with Gasteiger partial charge in [0.1, 0.15) is 5.15 Å². The molecule has 0 fully saturated rings. The molecule has 6 heteroatoms. The lowest BCUT2D eigenvalue weighted by Crippen LogP contribution is -2.07. The number of hydrogen-bond donors (Lipinski definition) is 1. The Hall–Kier alpha value is -0.910. The quantitative estimate of drug-likeness (QED) is 0.867. The molecule has 102 valence electrons. The Morgan fingerprint density at radius 2 is 2.21 bits per heavy atom. The predicted octanol–water partition coefficient (Wildman–Crippen LogP) is 3.07. The molecule has 4 nitrogen and oxygen atoms in total. The van der Waals surface area contributed by atoms with Crippen LogP contribution in [0.3, 0.4) is 0 Å². The number of aliphatic hydroxyl groups is 1. The van der Waals surface area contributed by atoms with Crippen LogP contribution < -0.4 is 0 Å². The molecule has 2 rings (SSSR count). The highest BCUT2D eigenvalue weighted by Gasteiger charge is 2.17.